The molecule has 0 amide bonds. The van der Waals surface area contributed by atoms with E-state index in [0.717, 1.165) is 0 Å². The fourth-order valence-corrected chi connectivity index (χ4v) is 2.90. The van der Waals surface area contributed by atoms with Crippen LogP contribution >= 0.6 is 7.80 Å². The van der Waals surface area contributed by atoms with Crippen LogP contribution in [-0.2, 0) is 0 Å². The largest absolute Gasteiger partial charge is 0.135 e. The zero-order chi connectivity index (χ0) is 11.5. The second kappa shape index (κ2) is 4.85. The Morgan fingerprint density at radius 1 is 0.812 bits per heavy atom. The molecule has 0 aliphatic rings. The molecule has 0 unspecified atom stereocenters. The topological polar surface area (TPSA) is 0 Å². The molecule has 0 N–H and O–H groups in total. The predicted octanol–water partition coefficient (Wildman–Crippen LogP) is 1.75. The van der Waals surface area contributed by atoms with Gasteiger partial charge in [0.1, 0.15) is 7.57 Å². The van der Waals surface area contributed by atoms with Crippen molar-refractivity contribution in [1.29, 1.82) is 0 Å². The smallest absolute Gasteiger partial charge is 0.105 e. The molecule has 2 aromatic rings. The van der Waals surface area contributed by atoms with E-state index in [9.17, 15) is 0 Å². The van der Waals surface area contributed by atoms with Gasteiger partial charge in [-0.1, -0.05) is 24.3 Å². The molecule has 2 aromatic carbocycles. The Bertz CT molecular complexity index is 448. The minimum Gasteiger partial charge on any atom is -0.105 e. The van der Waals surface area contributed by atoms with Crippen LogP contribution in [0.25, 0.3) is 0 Å². The molecule has 0 aromatic heterocycles. The number of hydrogen-bond acceptors (Lipinski definition) is 0. The Kier molecular flexibility index (Phi) is 3.46. The number of aryl methyl sites for hydroxylation is 2. The molecule has 82 valence electrons. The minimum absolute atomic E-state index is 0.339. The molecule has 0 saturated carbocycles. The third-order valence-electron chi connectivity index (χ3n) is 2.32. The zero-order valence-corrected chi connectivity index (χ0v) is 10.1. The van der Waals surface area contributed by atoms with Crippen LogP contribution in [0, 0.1) is 13.8 Å². The van der Waals surface area contributed by atoms with Gasteiger partial charge in [0, 0.05) is 0 Å². The van der Waals surface area contributed by atoms with E-state index < -0.39 is 0 Å². The molecule has 0 fully saturated rings. The van der Waals surface area contributed by atoms with Gasteiger partial charge in [-0.15, -0.1) is 7.80 Å². The second-order valence-electron chi connectivity index (χ2n) is 3.86. The van der Waals surface area contributed by atoms with Gasteiger partial charge >= 0.3 is 0 Å². The molecule has 0 aliphatic carbocycles. The highest BCUT2D eigenvalue weighted by molar-refractivity contribution is 7.94. The van der Waals surface area contributed by atoms with Crippen molar-refractivity contribution in [2.45, 2.75) is 13.8 Å². The van der Waals surface area contributed by atoms with Crippen molar-refractivity contribution in [3.05, 3.63) is 59.7 Å². The fourth-order valence-electron chi connectivity index (χ4n) is 1.61. The highest BCUT2D eigenvalue weighted by Gasteiger charge is 2.10. The van der Waals surface area contributed by atoms with Gasteiger partial charge in [0.2, 0.25) is 0 Å². The van der Waals surface area contributed by atoms with E-state index >= 15 is 0 Å². The summed E-state index contributed by atoms with van der Waals surface area (Å²) in [4.78, 5) is 0. The van der Waals surface area contributed by atoms with E-state index in [1.807, 2.05) is 0 Å². The molecule has 0 radical (unpaired) electrons. The number of benzene rings is 2. The molecule has 0 spiro atoms. The van der Waals surface area contributed by atoms with Crippen molar-refractivity contribution in [3.8, 4) is 0 Å². The van der Waals surface area contributed by atoms with Crippen LogP contribution < -0.4 is 10.6 Å². The maximum atomic E-state index is 2.38. The monoisotopic (exact) mass is 228 g/mol. The molecule has 0 aliphatic heterocycles. The summed E-state index contributed by atoms with van der Waals surface area (Å²) in [5, 5.41) is 3.21. The molecule has 0 atom stereocenters. The van der Waals surface area contributed by atoms with Crippen molar-refractivity contribution >= 4 is 26.0 Å². The highest BCUT2D eigenvalue weighted by Crippen LogP contribution is 2.27. The first-order chi connectivity index (χ1) is 7.66. The maximum Gasteiger partial charge on any atom is 0.135 e. The lowest BCUT2D eigenvalue weighted by Gasteiger charge is -2.11. The third kappa shape index (κ3) is 2.54. The lowest BCUT2D eigenvalue weighted by Crippen LogP contribution is -2.12. The average Bonchev–Trinajstić information content (AvgIpc) is 2.28. The van der Waals surface area contributed by atoms with Crippen molar-refractivity contribution in [1.82, 2.24) is 0 Å². The molecule has 0 nitrogen and oxygen atoms in total. The Labute approximate surface area is 99.8 Å². The molecule has 0 bridgehead atoms. The highest BCUT2D eigenvalue weighted by atomic mass is 31.1. The van der Waals surface area contributed by atoms with Crippen LogP contribution in [0.4, 0.5) is 0 Å². The third-order valence-corrected chi connectivity index (χ3v) is 3.52. The quantitative estimate of drug-likeness (QED) is 0.542. The van der Waals surface area contributed by atoms with Gasteiger partial charge in [-0.3, -0.25) is 0 Å². The molecule has 0 saturated heterocycles. The zero-order valence-electron chi connectivity index (χ0n) is 9.12. The van der Waals surface area contributed by atoms with Crippen LogP contribution in [0.15, 0.2) is 48.5 Å². The van der Waals surface area contributed by atoms with E-state index in [2.05, 4.69) is 62.4 Å². The van der Waals surface area contributed by atoms with Crippen molar-refractivity contribution in [3.63, 3.8) is 0 Å². The molecule has 16 heavy (non-hydrogen) atoms. The summed E-state index contributed by atoms with van der Waals surface area (Å²) >= 11 is 0. The van der Waals surface area contributed by atoms with E-state index in [-0.39, 0.29) is 7.80 Å². The standard InChI is InChI=1S/C14H18BP/c1-11-5-3-7-13(9-11)16(15)14-8-4-6-12(2)10-14/h3-10,16H,1-2,15H3. The van der Waals surface area contributed by atoms with E-state index in [1.54, 1.807) is 10.6 Å². The number of hydrogen-bond donors (Lipinski definition) is 0. The molecular weight excluding hydrogens is 210 g/mol. The lowest BCUT2D eigenvalue weighted by atomic mass is 10.2. The van der Waals surface area contributed by atoms with Gasteiger partial charge in [0.25, 0.3) is 0 Å². The van der Waals surface area contributed by atoms with E-state index in [0.29, 0.717) is 7.57 Å². The van der Waals surface area contributed by atoms with Crippen molar-refractivity contribution < 1.29 is 0 Å². The normalized spacial score (nSPS) is 10.8. The fraction of sp³-hybridized carbons (Fsp3) is 0.143. The van der Waals surface area contributed by atoms with Crippen LogP contribution in [0.5, 0.6) is 0 Å². The summed E-state index contributed by atoms with van der Waals surface area (Å²) < 4.78 is 0. The molecule has 0 heterocycles. The van der Waals surface area contributed by atoms with Gasteiger partial charge < -0.3 is 0 Å². The van der Waals surface area contributed by atoms with E-state index in [4.69, 9.17) is 0 Å². The Hall–Kier alpha value is -1.07. The Morgan fingerprint density at radius 3 is 1.62 bits per heavy atom. The SMILES string of the molecule is [BH3-][PH+](c1cccc(C)c1)c1cccc(C)c1. The Balaban J connectivity index is 2.35. The Morgan fingerprint density at radius 2 is 1.25 bits per heavy atom. The summed E-state index contributed by atoms with van der Waals surface area (Å²) in [6.45, 7) is 4.38. The van der Waals surface area contributed by atoms with Gasteiger partial charge in [-0.25, -0.2) is 0 Å². The predicted molar refractivity (Wildman–Crippen MR) is 79.9 cm³/mol. The van der Waals surface area contributed by atoms with Crippen LogP contribution in [0.1, 0.15) is 11.1 Å². The van der Waals surface area contributed by atoms with E-state index in [1.165, 1.54) is 11.1 Å². The maximum absolute atomic E-state index is 2.38. The van der Waals surface area contributed by atoms with Crippen molar-refractivity contribution in [2.75, 3.05) is 0 Å². The molecule has 2 heteroatoms. The minimum atomic E-state index is -0.339. The summed E-state index contributed by atoms with van der Waals surface area (Å²) in [7, 11) is 0.0369. The first kappa shape index (κ1) is 11.4. The summed E-state index contributed by atoms with van der Waals surface area (Å²) in [5.41, 5.74) is 2.79. The summed E-state index contributed by atoms with van der Waals surface area (Å²) in [6.07, 6.45) is 0. The second-order valence-corrected chi connectivity index (χ2v) is 5.27. The molecular formula is C14H18BP. The summed E-state index contributed by atoms with van der Waals surface area (Å²) in [5.74, 6) is 0. The van der Waals surface area contributed by atoms with Crippen LogP contribution in [0.3, 0.4) is 0 Å². The molecule has 2 rings (SSSR count). The van der Waals surface area contributed by atoms with Gasteiger partial charge in [0.15, 0.2) is 0 Å². The van der Waals surface area contributed by atoms with Crippen LogP contribution in [-0.4, -0.2) is 7.57 Å². The first-order valence-corrected chi connectivity index (χ1v) is 6.14. The van der Waals surface area contributed by atoms with Crippen LogP contribution in [0.2, 0.25) is 0 Å². The first-order valence-electron chi connectivity index (χ1n) is 5.14. The van der Waals surface area contributed by atoms with Gasteiger partial charge in [-0.05, 0) is 49.2 Å². The number of rotatable bonds is 2. The lowest BCUT2D eigenvalue weighted by molar-refractivity contribution is 1.49. The van der Waals surface area contributed by atoms with Crippen molar-refractivity contribution in [2.24, 2.45) is 0 Å². The summed E-state index contributed by atoms with van der Waals surface area (Å²) in [6, 6.07) is 18.2. The van der Waals surface area contributed by atoms with Gasteiger partial charge in [-0.2, -0.15) is 0 Å². The average molecular weight is 228 g/mol. The van der Waals surface area contributed by atoms with Gasteiger partial charge in [0.05, 0.1) is 10.6 Å².